The maximum absolute atomic E-state index is 12.7. The summed E-state index contributed by atoms with van der Waals surface area (Å²) in [4.78, 5) is 6.04. The number of fused-ring (bicyclic) bond motifs is 1. The third-order valence-electron chi connectivity index (χ3n) is 5.77. The second kappa shape index (κ2) is 8.34. The number of pyridine rings is 1. The first-order chi connectivity index (χ1) is 14.3. The summed E-state index contributed by atoms with van der Waals surface area (Å²) in [5, 5.41) is 3.58. The predicted molar refractivity (Wildman–Crippen MR) is 108 cm³/mol. The standard InChI is InChI=1S/C22H26F3N3O2/c1-14-9-15-10-19(29-2)16(11-20(15)30-14)12-26-18-5-7-28(8-6-18)21-4-3-17(13-27-21)22(23,24)25/h3-4,10-11,13-14,18,26H,5-9,12H2,1-2H3. The minimum Gasteiger partial charge on any atom is -0.496 e. The van der Waals surface area contributed by atoms with E-state index in [4.69, 9.17) is 9.47 Å². The molecule has 162 valence electrons. The molecule has 1 fully saturated rings. The van der Waals surface area contributed by atoms with Crippen LogP contribution in [0.15, 0.2) is 30.5 Å². The molecule has 1 aromatic carbocycles. The highest BCUT2D eigenvalue weighted by Gasteiger charge is 2.31. The normalized spacial score (nSPS) is 19.5. The Morgan fingerprint density at radius 2 is 2.00 bits per heavy atom. The van der Waals surface area contributed by atoms with Gasteiger partial charge in [0.15, 0.2) is 0 Å². The van der Waals surface area contributed by atoms with Crippen LogP contribution in [0.3, 0.4) is 0 Å². The fourth-order valence-corrected chi connectivity index (χ4v) is 4.12. The highest BCUT2D eigenvalue weighted by atomic mass is 19.4. The average Bonchev–Trinajstić information content (AvgIpc) is 3.10. The molecular formula is C22H26F3N3O2. The van der Waals surface area contributed by atoms with Gasteiger partial charge < -0.3 is 19.7 Å². The summed E-state index contributed by atoms with van der Waals surface area (Å²) >= 11 is 0. The molecule has 1 unspecified atom stereocenters. The van der Waals surface area contributed by atoms with Crippen molar-refractivity contribution in [2.45, 2.75) is 51.1 Å². The molecule has 0 aliphatic carbocycles. The van der Waals surface area contributed by atoms with Crippen LogP contribution >= 0.6 is 0 Å². The van der Waals surface area contributed by atoms with Crippen LogP contribution in [-0.2, 0) is 19.1 Å². The zero-order valence-corrected chi connectivity index (χ0v) is 17.1. The summed E-state index contributed by atoms with van der Waals surface area (Å²) in [6, 6.07) is 7.00. The van der Waals surface area contributed by atoms with E-state index in [0.717, 1.165) is 61.7 Å². The van der Waals surface area contributed by atoms with Crippen LogP contribution in [0.1, 0.15) is 36.5 Å². The van der Waals surface area contributed by atoms with E-state index in [1.165, 1.54) is 11.6 Å². The number of benzene rings is 1. The van der Waals surface area contributed by atoms with Gasteiger partial charge in [-0.2, -0.15) is 13.2 Å². The van der Waals surface area contributed by atoms with Gasteiger partial charge in [-0.15, -0.1) is 0 Å². The fraction of sp³-hybridized carbons (Fsp3) is 0.500. The van der Waals surface area contributed by atoms with Gasteiger partial charge in [0.1, 0.15) is 23.4 Å². The molecule has 30 heavy (non-hydrogen) atoms. The summed E-state index contributed by atoms with van der Waals surface area (Å²) in [6.45, 7) is 4.23. The van der Waals surface area contributed by atoms with Gasteiger partial charge in [0, 0.05) is 49.4 Å². The van der Waals surface area contributed by atoms with Crippen molar-refractivity contribution < 1.29 is 22.6 Å². The van der Waals surface area contributed by atoms with E-state index >= 15 is 0 Å². The van der Waals surface area contributed by atoms with Crippen molar-refractivity contribution >= 4 is 5.82 Å². The lowest BCUT2D eigenvalue weighted by Crippen LogP contribution is -2.42. The summed E-state index contributed by atoms with van der Waals surface area (Å²) in [6.07, 6.45) is -0.577. The van der Waals surface area contributed by atoms with Crippen molar-refractivity contribution in [3.63, 3.8) is 0 Å². The van der Waals surface area contributed by atoms with Crippen molar-refractivity contribution in [2.75, 3.05) is 25.1 Å². The van der Waals surface area contributed by atoms with Crippen molar-refractivity contribution in [3.05, 3.63) is 47.2 Å². The Hall–Kier alpha value is -2.48. The molecule has 8 heteroatoms. The molecule has 1 N–H and O–H groups in total. The molecular weight excluding hydrogens is 395 g/mol. The number of nitrogens with one attached hydrogen (secondary N) is 1. The monoisotopic (exact) mass is 421 g/mol. The highest BCUT2D eigenvalue weighted by molar-refractivity contribution is 5.48. The van der Waals surface area contributed by atoms with Gasteiger partial charge >= 0.3 is 6.18 Å². The molecule has 1 atom stereocenters. The summed E-state index contributed by atoms with van der Waals surface area (Å²) < 4.78 is 49.5. The lowest BCUT2D eigenvalue weighted by Gasteiger charge is -2.33. The van der Waals surface area contributed by atoms with Crippen LogP contribution < -0.4 is 19.7 Å². The maximum atomic E-state index is 12.7. The summed E-state index contributed by atoms with van der Waals surface area (Å²) in [5.74, 6) is 2.39. The number of alkyl halides is 3. The minimum atomic E-state index is -4.36. The molecule has 0 amide bonds. The topological polar surface area (TPSA) is 46.6 Å². The van der Waals surface area contributed by atoms with Gasteiger partial charge in [0.2, 0.25) is 0 Å². The van der Waals surface area contributed by atoms with Crippen LogP contribution in [0.5, 0.6) is 11.5 Å². The van der Waals surface area contributed by atoms with Crippen molar-refractivity contribution in [2.24, 2.45) is 0 Å². The number of ether oxygens (including phenoxy) is 2. The Balaban J connectivity index is 1.32. The zero-order valence-electron chi connectivity index (χ0n) is 17.1. The number of halogens is 3. The third kappa shape index (κ3) is 4.48. The van der Waals surface area contributed by atoms with E-state index in [2.05, 4.69) is 29.4 Å². The van der Waals surface area contributed by atoms with Gasteiger partial charge in [-0.05, 0) is 44.0 Å². The first-order valence-electron chi connectivity index (χ1n) is 10.2. The first kappa shape index (κ1) is 20.8. The van der Waals surface area contributed by atoms with E-state index in [9.17, 15) is 13.2 Å². The first-order valence-corrected chi connectivity index (χ1v) is 10.2. The SMILES string of the molecule is COc1cc2c(cc1CNC1CCN(c3ccc(C(F)(F)F)cn3)CC1)OC(C)C2. The number of aromatic nitrogens is 1. The molecule has 0 saturated carbocycles. The molecule has 2 aliphatic rings. The van der Waals surface area contributed by atoms with Crippen LogP contribution in [-0.4, -0.2) is 37.3 Å². The van der Waals surface area contributed by atoms with E-state index in [1.54, 1.807) is 7.11 Å². The lowest BCUT2D eigenvalue weighted by molar-refractivity contribution is -0.137. The van der Waals surface area contributed by atoms with E-state index in [-0.39, 0.29) is 6.10 Å². The Morgan fingerprint density at radius 3 is 2.63 bits per heavy atom. The molecule has 0 bridgehead atoms. The lowest BCUT2D eigenvalue weighted by atomic mass is 10.0. The molecule has 4 rings (SSSR count). The van der Waals surface area contributed by atoms with Crippen LogP contribution in [0.4, 0.5) is 19.0 Å². The number of methoxy groups -OCH3 is 1. The van der Waals surface area contributed by atoms with Crippen LogP contribution in [0, 0.1) is 0 Å². The molecule has 2 aromatic rings. The number of anilines is 1. The Bertz CT molecular complexity index is 878. The largest absolute Gasteiger partial charge is 0.496 e. The smallest absolute Gasteiger partial charge is 0.417 e. The third-order valence-corrected chi connectivity index (χ3v) is 5.77. The van der Waals surface area contributed by atoms with Gasteiger partial charge in [0.05, 0.1) is 12.7 Å². The number of hydrogen-bond acceptors (Lipinski definition) is 5. The summed E-state index contributed by atoms with van der Waals surface area (Å²) in [5.41, 5.74) is 1.53. The Labute approximate surface area is 174 Å². The van der Waals surface area contributed by atoms with Crippen LogP contribution in [0.25, 0.3) is 0 Å². The van der Waals surface area contributed by atoms with Gasteiger partial charge in [-0.3, -0.25) is 0 Å². The number of piperidine rings is 1. The molecule has 2 aliphatic heterocycles. The van der Waals surface area contributed by atoms with Gasteiger partial charge in [-0.1, -0.05) is 0 Å². The van der Waals surface area contributed by atoms with E-state index < -0.39 is 11.7 Å². The molecule has 0 radical (unpaired) electrons. The average molecular weight is 421 g/mol. The second-order valence-corrected chi connectivity index (χ2v) is 7.95. The minimum absolute atomic E-state index is 0.191. The quantitative estimate of drug-likeness (QED) is 0.785. The van der Waals surface area contributed by atoms with Crippen LogP contribution in [0.2, 0.25) is 0 Å². The van der Waals surface area contributed by atoms with E-state index in [1.807, 2.05) is 4.90 Å². The number of rotatable bonds is 5. The summed E-state index contributed by atoms with van der Waals surface area (Å²) in [7, 11) is 1.68. The molecule has 0 spiro atoms. The van der Waals surface area contributed by atoms with Crippen molar-refractivity contribution in [1.29, 1.82) is 0 Å². The maximum Gasteiger partial charge on any atom is 0.417 e. The van der Waals surface area contributed by atoms with Crippen molar-refractivity contribution in [1.82, 2.24) is 10.3 Å². The molecule has 1 aromatic heterocycles. The number of nitrogens with zero attached hydrogens (tertiary/aromatic N) is 2. The molecule has 3 heterocycles. The fourth-order valence-electron chi connectivity index (χ4n) is 4.12. The van der Waals surface area contributed by atoms with Gasteiger partial charge in [0.25, 0.3) is 0 Å². The van der Waals surface area contributed by atoms with Crippen molar-refractivity contribution in [3.8, 4) is 11.5 Å². The zero-order chi connectivity index (χ0) is 21.3. The number of hydrogen-bond donors (Lipinski definition) is 1. The predicted octanol–water partition coefficient (Wildman–Crippen LogP) is 4.19. The second-order valence-electron chi connectivity index (χ2n) is 7.95. The molecule has 5 nitrogen and oxygen atoms in total. The highest BCUT2D eigenvalue weighted by Crippen LogP contribution is 2.35. The molecule has 1 saturated heterocycles. The Morgan fingerprint density at radius 1 is 1.23 bits per heavy atom. The Kier molecular flexibility index (Phi) is 5.77. The van der Waals surface area contributed by atoms with Gasteiger partial charge in [-0.25, -0.2) is 4.98 Å². The van der Waals surface area contributed by atoms with E-state index in [0.29, 0.717) is 18.4 Å².